The first kappa shape index (κ1) is 14.9. The molecule has 5 nitrogen and oxygen atoms in total. The van der Waals surface area contributed by atoms with Crippen LogP contribution in [-0.4, -0.2) is 33.7 Å². The van der Waals surface area contributed by atoms with Crippen molar-refractivity contribution in [2.75, 3.05) is 19.3 Å². The van der Waals surface area contributed by atoms with Crippen LogP contribution in [0.5, 0.6) is 0 Å². The Morgan fingerprint density at radius 2 is 2.06 bits per heavy atom. The molecule has 1 rings (SSSR count). The molecule has 0 aromatic heterocycles. The van der Waals surface area contributed by atoms with E-state index in [1.165, 1.54) is 0 Å². The van der Waals surface area contributed by atoms with Gasteiger partial charge in [-0.25, -0.2) is 13.1 Å². The quantitative estimate of drug-likeness (QED) is 0.598. The topological polar surface area (TPSA) is 75.3 Å². The number of amides is 1. The van der Waals surface area contributed by atoms with Crippen LogP contribution in [-0.2, 0) is 15.9 Å². The minimum absolute atomic E-state index is 0.166. The molecule has 100 valence electrons. The molecule has 1 aromatic carbocycles. The van der Waals surface area contributed by atoms with Gasteiger partial charge < -0.3 is 5.32 Å². The first-order valence-corrected chi connectivity index (χ1v) is 7.73. The highest BCUT2D eigenvalue weighted by Gasteiger charge is 2.06. The van der Waals surface area contributed by atoms with Crippen LogP contribution >= 0.6 is 11.6 Å². The van der Waals surface area contributed by atoms with Crippen molar-refractivity contribution in [2.24, 2.45) is 0 Å². The van der Waals surface area contributed by atoms with Crippen LogP contribution < -0.4 is 10.0 Å². The van der Waals surface area contributed by atoms with Crippen LogP contribution in [0.2, 0.25) is 0 Å². The zero-order valence-electron chi connectivity index (χ0n) is 9.94. The number of halogens is 1. The van der Waals surface area contributed by atoms with Gasteiger partial charge in [0.2, 0.25) is 10.0 Å². The summed E-state index contributed by atoms with van der Waals surface area (Å²) in [4.78, 5) is 11.7. The molecule has 0 unspecified atom stereocenters. The normalized spacial score (nSPS) is 11.2. The summed E-state index contributed by atoms with van der Waals surface area (Å²) in [6.07, 6.45) is 1.07. The number of benzene rings is 1. The molecule has 0 saturated carbocycles. The van der Waals surface area contributed by atoms with E-state index in [0.29, 0.717) is 11.4 Å². The monoisotopic (exact) mass is 290 g/mol. The molecule has 0 aliphatic rings. The lowest BCUT2D eigenvalue weighted by Crippen LogP contribution is -2.34. The average Bonchev–Trinajstić information content (AvgIpc) is 2.33. The van der Waals surface area contributed by atoms with Crippen LogP contribution in [0.1, 0.15) is 15.9 Å². The Morgan fingerprint density at radius 3 is 2.67 bits per heavy atom. The Labute approximate surface area is 112 Å². The van der Waals surface area contributed by atoms with Crippen molar-refractivity contribution >= 4 is 27.5 Å². The summed E-state index contributed by atoms with van der Waals surface area (Å²) in [5.41, 5.74) is 1.37. The number of carbonyl (C=O) groups is 1. The molecule has 1 amide bonds. The summed E-state index contributed by atoms with van der Waals surface area (Å²) >= 11 is 5.67. The maximum absolute atomic E-state index is 11.7. The fourth-order valence-corrected chi connectivity index (χ4v) is 1.95. The van der Waals surface area contributed by atoms with E-state index in [4.69, 9.17) is 11.6 Å². The fourth-order valence-electron chi connectivity index (χ4n) is 1.31. The SMILES string of the molecule is CS(=O)(=O)NCCNC(=O)c1cccc(CCl)c1. The Bertz CT molecular complexity index is 517. The van der Waals surface area contributed by atoms with Gasteiger partial charge in [-0.1, -0.05) is 12.1 Å². The second-order valence-corrected chi connectivity index (χ2v) is 5.86. The minimum Gasteiger partial charge on any atom is -0.351 e. The first-order valence-electron chi connectivity index (χ1n) is 5.30. The largest absolute Gasteiger partial charge is 0.351 e. The number of hydrogen-bond donors (Lipinski definition) is 2. The lowest BCUT2D eigenvalue weighted by molar-refractivity contribution is 0.0954. The lowest BCUT2D eigenvalue weighted by atomic mass is 10.1. The number of sulfonamides is 1. The van der Waals surface area contributed by atoms with Crippen LogP contribution in [0.3, 0.4) is 0 Å². The van der Waals surface area contributed by atoms with Gasteiger partial charge in [-0.2, -0.15) is 0 Å². The molecule has 0 fully saturated rings. The lowest BCUT2D eigenvalue weighted by Gasteiger charge is -2.06. The third-order valence-corrected chi connectivity index (χ3v) is 3.16. The fraction of sp³-hybridized carbons (Fsp3) is 0.364. The van der Waals surface area contributed by atoms with E-state index >= 15 is 0 Å². The molecular weight excluding hydrogens is 276 g/mol. The minimum atomic E-state index is -3.22. The Balaban J connectivity index is 2.45. The molecule has 0 aliphatic heterocycles. The van der Waals surface area contributed by atoms with Gasteiger partial charge in [0.25, 0.3) is 5.91 Å². The van der Waals surface area contributed by atoms with Crippen molar-refractivity contribution < 1.29 is 13.2 Å². The van der Waals surface area contributed by atoms with E-state index in [9.17, 15) is 13.2 Å². The van der Waals surface area contributed by atoms with E-state index < -0.39 is 10.0 Å². The van der Waals surface area contributed by atoms with E-state index in [-0.39, 0.29) is 19.0 Å². The summed E-state index contributed by atoms with van der Waals surface area (Å²) in [5, 5.41) is 2.61. The summed E-state index contributed by atoms with van der Waals surface area (Å²) < 4.78 is 23.9. The van der Waals surface area contributed by atoms with Gasteiger partial charge in [-0.3, -0.25) is 4.79 Å². The summed E-state index contributed by atoms with van der Waals surface area (Å²) in [6, 6.07) is 6.96. The number of alkyl halides is 1. The van der Waals surface area contributed by atoms with Crippen molar-refractivity contribution in [1.82, 2.24) is 10.0 Å². The van der Waals surface area contributed by atoms with Crippen LogP contribution in [0, 0.1) is 0 Å². The van der Waals surface area contributed by atoms with Crippen molar-refractivity contribution in [3.63, 3.8) is 0 Å². The molecule has 1 aromatic rings. The van der Waals surface area contributed by atoms with Crippen molar-refractivity contribution in [2.45, 2.75) is 5.88 Å². The highest BCUT2D eigenvalue weighted by atomic mass is 35.5. The second-order valence-electron chi connectivity index (χ2n) is 3.76. The average molecular weight is 291 g/mol. The third kappa shape index (κ3) is 5.48. The first-order chi connectivity index (χ1) is 8.42. The van der Waals surface area contributed by atoms with Crippen LogP contribution in [0.25, 0.3) is 0 Å². The van der Waals surface area contributed by atoms with Gasteiger partial charge >= 0.3 is 0 Å². The van der Waals surface area contributed by atoms with Gasteiger partial charge in [-0.05, 0) is 17.7 Å². The number of carbonyl (C=O) groups excluding carboxylic acids is 1. The summed E-state index contributed by atoms with van der Waals surface area (Å²) in [7, 11) is -3.22. The van der Waals surface area contributed by atoms with E-state index in [1.54, 1.807) is 18.2 Å². The zero-order valence-corrected chi connectivity index (χ0v) is 11.5. The van der Waals surface area contributed by atoms with Crippen LogP contribution in [0.15, 0.2) is 24.3 Å². The Morgan fingerprint density at radius 1 is 1.33 bits per heavy atom. The predicted octanol–water partition coefficient (Wildman–Crippen LogP) is 0.704. The number of nitrogens with one attached hydrogen (secondary N) is 2. The molecule has 0 heterocycles. The predicted molar refractivity (Wildman–Crippen MR) is 71.2 cm³/mol. The van der Waals surface area contributed by atoms with Gasteiger partial charge in [0, 0.05) is 24.5 Å². The molecule has 0 aliphatic carbocycles. The zero-order chi connectivity index (χ0) is 13.6. The Kier molecular flexibility index (Phi) is 5.58. The van der Waals surface area contributed by atoms with E-state index in [2.05, 4.69) is 10.0 Å². The molecule has 0 bridgehead atoms. The maximum Gasteiger partial charge on any atom is 0.251 e. The summed E-state index contributed by atoms with van der Waals surface area (Å²) in [6.45, 7) is 0.400. The number of rotatable bonds is 6. The van der Waals surface area contributed by atoms with Gasteiger partial charge in [0.05, 0.1) is 6.26 Å². The molecule has 0 atom stereocenters. The molecule has 0 spiro atoms. The standard InChI is InChI=1S/C11H15ClN2O3S/c1-18(16,17)14-6-5-13-11(15)10-4-2-3-9(7-10)8-12/h2-4,7,14H,5-6,8H2,1H3,(H,13,15). The van der Waals surface area contributed by atoms with Crippen molar-refractivity contribution in [3.8, 4) is 0 Å². The highest BCUT2D eigenvalue weighted by molar-refractivity contribution is 7.88. The van der Waals surface area contributed by atoms with Gasteiger partial charge in [-0.15, -0.1) is 11.6 Å². The van der Waals surface area contributed by atoms with Gasteiger partial charge in [0.1, 0.15) is 0 Å². The second kappa shape index (κ2) is 6.72. The van der Waals surface area contributed by atoms with E-state index in [0.717, 1.165) is 11.8 Å². The van der Waals surface area contributed by atoms with Gasteiger partial charge in [0.15, 0.2) is 0 Å². The third-order valence-electron chi connectivity index (χ3n) is 2.12. The smallest absolute Gasteiger partial charge is 0.251 e. The molecule has 18 heavy (non-hydrogen) atoms. The van der Waals surface area contributed by atoms with Crippen LogP contribution in [0.4, 0.5) is 0 Å². The van der Waals surface area contributed by atoms with Crippen molar-refractivity contribution in [3.05, 3.63) is 35.4 Å². The number of hydrogen-bond acceptors (Lipinski definition) is 3. The maximum atomic E-state index is 11.7. The van der Waals surface area contributed by atoms with Crippen molar-refractivity contribution in [1.29, 1.82) is 0 Å². The molecule has 0 saturated heterocycles. The highest BCUT2D eigenvalue weighted by Crippen LogP contribution is 2.07. The Hall–Kier alpha value is -1.11. The van der Waals surface area contributed by atoms with E-state index in [1.807, 2.05) is 6.07 Å². The molecular formula is C11H15ClN2O3S. The molecule has 2 N–H and O–H groups in total. The summed E-state index contributed by atoms with van der Waals surface area (Å²) in [5.74, 6) is 0.0915. The molecule has 7 heteroatoms. The molecule has 0 radical (unpaired) electrons.